The van der Waals surface area contributed by atoms with Crippen molar-refractivity contribution in [3.63, 3.8) is 0 Å². The summed E-state index contributed by atoms with van der Waals surface area (Å²) >= 11 is 0. The van der Waals surface area contributed by atoms with Crippen LogP contribution in [0, 0.1) is 6.92 Å². The van der Waals surface area contributed by atoms with Gasteiger partial charge in [0.05, 0.1) is 5.69 Å². The van der Waals surface area contributed by atoms with Gasteiger partial charge in [0.25, 0.3) is 0 Å². The molecule has 74 valence electrons. The number of anilines is 1. The Labute approximate surface area is 83.0 Å². The van der Waals surface area contributed by atoms with Crippen molar-refractivity contribution < 1.29 is 0 Å². The molecule has 2 rings (SSSR count). The summed E-state index contributed by atoms with van der Waals surface area (Å²) in [6, 6.07) is 0. The molecule has 4 heteroatoms. The Hall–Kier alpha value is -1.58. The number of nitrogens with one attached hydrogen (secondary N) is 1. The molecule has 0 bridgehead atoms. The van der Waals surface area contributed by atoms with Crippen LogP contribution in [-0.2, 0) is 6.42 Å². The Bertz CT molecular complexity index is 458. The molecule has 0 saturated carbocycles. The third-order valence-electron chi connectivity index (χ3n) is 2.36. The molecule has 1 N–H and O–H groups in total. The summed E-state index contributed by atoms with van der Waals surface area (Å²) in [6.45, 7) is 4.12. The zero-order valence-corrected chi connectivity index (χ0v) is 8.70. The van der Waals surface area contributed by atoms with Gasteiger partial charge in [0, 0.05) is 25.9 Å². The van der Waals surface area contributed by atoms with Gasteiger partial charge in [0.15, 0.2) is 5.82 Å². The Morgan fingerprint density at radius 1 is 1.50 bits per heavy atom. The third-order valence-corrected chi connectivity index (χ3v) is 2.36. The van der Waals surface area contributed by atoms with E-state index in [0.717, 1.165) is 29.3 Å². The number of aromatic nitrogens is 3. The highest BCUT2D eigenvalue weighted by Crippen LogP contribution is 2.19. The minimum atomic E-state index is 0.886. The van der Waals surface area contributed by atoms with Gasteiger partial charge in [-0.3, -0.25) is 4.40 Å². The van der Waals surface area contributed by atoms with E-state index in [4.69, 9.17) is 0 Å². The summed E-state index contributed by atoms with van der Waals surface area (Å²) in [7, 11) is 1.88. The fourth-order valence-electron chi connectivity index (χ4n) is 1.72. The first-order valence-electron chi connectivity index (χ1n) is 4.78. The van der Waals surface area contributed by atoms with E-state index in [2.05, 4.69) is 26.6 Å². The summed E-state index contributed by atoms with van der Waals surface area (Å²) in [4.78, 5) is 8.76. The van der Waals surface area contributed by atoms with Crippen LogP contribution >= 0.6 is 0 Å². The Balaban J connectivity index is 2.81. The van der Waals surface area contributed by atoms with E-state index in [-0.39, 0.29) is 0 Å². The molecule has 0 aliphatic heterocycles. The molecular formula is C10H14N4. The van der Waals surface area contributed by atoms with Gasteiger partial charge in [-0.05, 0) is 6.92 Å². The minimum absolute atomic E-state index is 0.886. The maximum absolute atomic E-state index is 4.50. The fourth-order valence-corrected chi connectivity index (χ4v) is 1.72. The van der Waals surface area contributed by atoms with E-state index in [0.29, 0.717) is 0 Å². The van der Waals surface area contributed by atoms with E-state index < -0.39 is 0 Å². The number of imidazole rings is 1. The highest BCUT2D eigenvalue weighted by atomic mass is 15.1. The normalized spacial score (nSPS) is 10.8. The molecule has 0 fully saturated rings. The average Bonchev–Trinajstić information content (AvgIpc) is 2.55. The number of hydrogen-bond donors (Lipinski definition) is 1. The molecule has 0 amide bonds. The van der Waals surface area contributed by atoms with Crippen molar-refractivity contribution in [2.75, 3.05) is 12.4 Å². The molecule has 2 heterocycles. The van der Waals surface area contributed by atoms with Gasteiger partial charge in [-0.25, -0.2) is 9.97 Å². The van der Waals surface area contributed by atoms with E-state index in [1.54, 1.807) is 6.20 Å². The van der Waals surface area contributed by atoms with Crippen LogP contribution in [0.2, 0.25) is 0 Å². The van der Waals surface area contributed by atoms with Crippen LogP contribution in [0.4, 0.5) is 5.82 Å². The van der Waals surface area contributed by atoms with Gasteiger partial charge in [0.1, 0.15) is 11.3 Å². The largest absolute Gasteiger partial charge is 0.371 e. The minimum Gasteiger partial charge on any atom is -0.371 e. The second kappa shape index (κ2) is 3.29. The molecule has 14 heavy (non-hydrogen) atoms. The van der Waals surface area contributed by atoms with Crippen molar-refractivity contribution in [2.24, 2.45) is 0 Å². The van der Waals surface area contributed by atoms with Gasteiger partial charge < -0.3 is 5.32 Å². The third kappa shape index (κ3) is 1.14. The molecule has 2 aromatic rings. The Kier molecular flexibility index (Phi) is 2.11. The van der Waals surface area contributed by atoms with E-state index >= 15 is 0 Å². The van der Waals surface area contributed by atoms with Gasteiger partial charge in [0.2, 0.25) is 0 Å². The molecule has 0 aromatic carbocycles. The molecule has 0 atom stereocenters. The number of fused-ring (bicyclic) bond motifs is 1. The lowest BCUT2D eigenvalue weighted by molar-refractivity contribution is 0.924. The van der Waals surface area contributed by atoms with Crippen LogP contribution < -0.4 is 5.32 Å². The topological polar surface area (TPSA) is 42.2 Å². The van der Waals surface area contributed by atoms with Gasteiger partial charge in [-0.2, -0.15) is 0 Å². The van der Waals surface area contributed by atoms with Crippen LogP contribution in [0.3, 0.4) is 0 Å². The lowest BCUT2D eigenvalue weighted by atomic mass is 10.4. The average molecular weight is 190 g/mol. The van der Waals surface area contributed by atoms with E-state index in [1.807, 2.05) is 20.2 Å². The maximum Gasteiger partial charge on any atom is 0.152 e. The highest BCUT2D eigenvalue weighted by molar-refractivity contribution is 5.70. The van der Waals surface area contributed by atoms with Gasteiger partial charge in [-0.1, -0.05) is 6.92 Å². The summed E-state index contributed by atoms with van der Waals surface area (Å²) in [6.07, 6.45) is 4.68. The van der Waals surface area contributed by atoms with Crippen molar-refractivity contribution in [2.45, 2.75) is 20.3 Å². The van der Waals surface area contributed by atoms with Crippen molar-refractivity contribution in [1.29, 1.82) is 0 Å². The molecular weight excluding hydrogens is 176 g/mol. The van der Waals surface area contributed by atoms with Crippen molar-refractivity contribution >= 4 is 11.3 Å². The predicted molar refractivity (Wildman–Crippen MR) is 56.6 cm³/mol. The molecule has 0 aliphatic carbocycles. The molecule has 0 aliphatic rings. The quantitative estimate of drug-likeness (QED) is 0.782. The van der Waals surface area contributed by atoms with Gasteiger partial charge in [-0.15, -0.1) is 0 Å². The lowest BCUT2D eigenvalue weighted by Gasteiger charge is -2.03. The first-order valence-corrected chi connectivity index (χ1v) is 4.78. The van der Waals surface area contributed by atoms with E-state index in [1.165, 1.54) is 0 Å². The van der Waals surface area contributed by atoms with Crippen LogP contribution in [0.15, 0.2) is 12.4 Å². The van der Waals surface area contributed by atoms with Crippen LogP contribution in [0.5, 0.6) is 0 Å². The molecule has 4 nitrogen and oxygen atoms in total. The Morgan fingerprint density at radius 3 is 2.93 bits per heavy atom. The summed E-state index contributed by atoms with van der Waals surface area (Å²) in [5.41, 5.74) is 2.10. The summed E-state index contributed by atoms with van der Waals surface area (Å²) in [5, 5.41) is 3.08. The summed E-state index contributed by atoms with van der Waals surface area (Å²) in [5.74, 6) is 1.97. The van der Waals surface area contributed by atoms with Crippen molar-refractivity contribution in [3.05, 3.63) is 23.9 Å². The van der Waals surface area contributed by atoms with Crippen molar-refractivity contribution in [3.8, 4) is 0 Å². The number of aryl methyl sites for hydroxylation is 2. The van der Waals surface area contributed by atoms with Gasteiger partial charge >= 0.3 is 0 Å². The number of hydrogen-bond acceptors (Lipinski definition) is 3. The molecule has 2 aromatic heterocycles. The highest BCUT2D eigenvalue weighted by Gasteiger charge is 2.09. The second-order valence-corrected chi connectivity index (χ2v) is 3.21. The number of nitrogens with zero attached hydrogens (tertiary/aromatic N) is 3. The smallest absolute Gasteiger partial charge is 0.152 e. The first kappa shape index (κ1) is 8.99. The molecule has 0 radical (unpaired) electrons. The van der Waals surface area contributed by atoms with Crippen molar-refractivity contribution in [1.82, 2.24) is 14.4 Å². The first-order chi connectivity index (χ1) is 6.77. The maximum atomic E-state index is 4.50. The van der Waals surface area contributed by atoms with Crippen LogP contribution in [0.25, 0.3) is 5.52 Å². The summed E-state index contributed by atoms with van der Waals surface area (Å²) < 4.78 is 2.09. The number of rotatable bonds is 2. The molecule has 0 saturated heterocycles. The zero-order valence-electron chi connectivity index (χ0n) is 8.70. The Morgan fingerprint density at radius 2 is 2.29 bits per heavy atom. The fraction of sp³-hybridized carbons (Fsp3) is 0.400. The SMILES string of the molecule is CCc1nc(C)c2c(NC)nccn12. The van der Waals surface area contributed by atoms with Crippen LogP contribution in [0.1, 0.15) is 18.4 Å². The van der Waals surface area contributed by atoms with E-state index in [9.17, 15) is 0 Å². The molecule has 0 spiro atoms. The second-order valence-electron chi connectivity index (χ2n) is 3.21. The monoisotopic (exact) mass is 190 g/mol. The van der Waals surface area contributed by atoms with Crippen LogP contribution in [-0.4, -0.2) is 21.4 Å². The zero-order chi connectivity index (χ0) is 10.1. The lowest BCUT2D eigenvalue weighted by Crippen LogP contribution is -1.98. The molecule has 0 unspecified atom stereocenters. The standard InChI is InChI=1S/C10H14N4/c1-4-8-13-7(2)9-10(11-3)12-5-6-14(8)9/h5-6H,4H2,1-3H3,(H,11,12). The predicted octanol–water partition coefficient (Wildman–Crippen LogP) is 1.64.